The van der Waals surface area contributed by atoms with E-state index < -0.39 is 11.7 Å². The largest absolute Gasteiger partial charge is 0.461 e. The summed E-state index contributed by atoms with van der Waals surface area (Å²) in [6.07, 6.45) is -2.33. The Bertz CT molecular complexity index is 1360. The van der Waals surface area contributed by atoms with E-state index in [9.17, 15) is 18.0 Å². The molecule has 206 valence electrons. The molecule has 1 fully saturated rings. The molecule has 0 spiro atoms. The van der Waals surface area contributed by atoms with Crippen LogP contribution in [0.1, 0.15) is 35.1 Å². The third-order valence-corrected chi connectivity index (χ3v) is 6.97. The molecule has 11 heteroatoms. The van der Waals surface area contributed by atoms with E-state index in [4.69, 9.17) is 15.2 Å². The molecule has 39 heavy (non-hydrogen) atoms. The van der Waals surface area contributed by atoms with Crippen LogP contribution < -0.4 is 15.4 Å². The molecule has 0 radical (unpaired) electrons. The molecule has 1 saturated heterocycles. The van der Waals surface area contributed by atoms with Crippen molar-refractivity contribution in [1.82, 2.24) is 14.9 Å². The third-order valence-electron chi connectivity index (χ3n) is 6.97. The summed E-state index contributed by atoms with van der Waals surface area (Å²) in [7, 11) is 1.52. The predicted octanol–water partition coefficient (Wildman–Crippen LogP) is 4.45. The molecular formula is C28H30F3N5O3. The Hall–Kier alpha value is -3.70. The summed E-state index contributed by atoms with van der Waals surface area (Å²) in [5.41, 5.74) is 7.61. The molecule has 3 heterocycles. The minimum atomic E-state index is -4.59. The number of nitrogens with zero attached hydrogens (tertiary/aromatic N) is 4. The number of ether oxygens (including phenoxy) is 2. The van der Waals surface area contributed by atoms with Crippen LogP contribution in [0.5, 0.6) is 6.01 Å². The highest BCUT2D eigenvalue weighted by Crippen LogP contribution is 2.39. The zero-order chi connectivity index (χ0) is 27.6. The van der Waals surface area contributed by atoms with E-state index in [0.29, 0.717) is 29.8 Å². The van der Waals surface area contributed by atoms with Gasteiger partial charge in [0.05, 0.1) is 25.1 Å². The number of nitrogens with two attached hydrogens (primary N) is 1. The van der Waals surface area contributed by atoms with Gasteiger partial charge in [-0.2, -0.15) is 23.1 Å². The van der Waals surface area contributed by atoms with Crippen molar-refractivity contribution < 1.29 is 27.4 Å². The fraction of sp³-hybridized carbons (Fsp3) is 0.393. The van der Waals surface area contributed by atoms with Crippen LogP contribution in [0.2, 0.25) is 0 Å². The number of alkyl halides is 3. The molecule has 2 aromatic carbocycles. The number of halogens is 3. The van der Waals surface area contributed by atoms with Crippen molar-refractivity contribution in [2.45, 2.75) is 38.5 Å². The molecule has 0 bridgehead atoms. The van der Waals surface area contributed by atoms with E-state index in [2.05, 4.69) is 14.9 Å². The normalized spacial score (nSPS) is 15.7. The standard InChI is InChI=1S/C28H30F3N5O3/c1-38-11-12-39-27-33-25(32)22-15-24(37)36(26(22)34-27)17-19-7-8-21(23(14-19)28(29,30)31)20-6-4-5-18(13-20)16-35-9-2-3-10-35/h4-8,13-14H,2-3,9-12,15-17H2,1H3,(H2,32,33,34). The van der Waals surface area contributed by atoms with E-state index in [1.807, 2.05) is 12.1 Å². The number of rotatable bonds is 9. The summed E-state index contributed by atoms with van der Waals surface area (Å²) in [5.74, 6) is 0.0165. The molecule has 0 saturated carbocycles. The molecule has 1 aromatic heterocycles. The van der Waals surface area contributed by atoms with Gasteiger partial charge in [-0.25, -0.2) is 0 Å². The molecule has 1 amide bonds. The number of nitrogen functional groups attached to an aromatic ring is 1. The maximum absolute atomic E-state index is 14.3. The summed E-state index contributed by atoms with van der Waals surface area (Å²) >= 11 is 0. The highest BCUT2D eigenvalue weighted by Gasteiger charge is 2.36. The van der Waals surface area contributed by atoms with Gasteiger partial charge in [0.25, 0.3) is 0 Å². The Kier molecular flexibility index (Phi) is 7.72. The summed E-state index contributed by atoms with van der Waals surface area (Å²) in [6.45, 7) is 3.10. The van der Waals surface area contributed by atoms with Gasteiger partial charge in [0.1, 0.15) is 18.2 Å². The summed E-state index contributed by atoms with van der Waals surface area (Å²) in [6, 6.07) is 11.4. The first-order valence-corrected chi connectivity index (χ1v) is 12.8. The van der Waals surface area contributed by atoms with Crippen LogP contribution in [0.15, 0.2) is 42.5 Å². The van der Waals surface area contributed by atoms with E-state index >= 15 is 0 Å². The molecule has 5 rings (SSSR count). The first-order chi connectivity index (χ1) is 18.7. The Labute approximate surface area is 224 Å². The molecule has 8 nitrogen and oxygen atoms in total. The van der Waals surface area contributed by atoms with Gasteiger partial charge in [0.15, 0.2) is 0 Å². The highest BCUT2D eigenvalue weighted by molar-refractivity contribution is 6.01. The van der Waals surface area contributed by atoms with Crippen LogP contribution in [0, 0.1) is 0 Å². The number of amides is 1. The summed E-state index contributed by atoms with van der Waals surface area (Å²) in [5, 5.41) is 0. The number of hydrogen-bond donors (Lipinski definition) is 1. The van der Waals surface area contributed by atoms with Gasteiger partial charge in [-0.05, 0) is 60.3 Å². The van der Waals surface area contributed by atoms with Crippen LogP contribution in [-0.4, -0.2) is 54.2 Å². The molecular weight excluding hydrogens is 511 g/mol. The van der Waals surface area contributed by atoms with E-state index in [1.165, 1.54) is 18.1 Å². The lowest BCUT2D eigenvalue weighted by Crippen LogP contribution is -2.27. The lowest BCUT2D eigenvalue weighted by atomic mass is 9.95. The van der Waals surface area contributed by atoms with Crippen molar-refractivity contribution in [1.29, 1.82) is 0 Å². The van der Waals surface area contributed by atoms with Crippen molar-refractivity contribution in [3.8, 4) is 17.1 Å². The minimum Gasteiger partial charge on any atom is -0.461 e. The fourth-order valence-electron chi connectivity index (χ4n) is 5.06. The van der Waals surface area contributed by atoms with Crippen molar-refractivity contribution >= 4 is 17.5 Å². The van der Waals surface area contributed by atoms with Crippen molar-refractivity contribution in [2.75, 3.05) is 44.0 Å². The van der Waals surface area contributed by atoms with Crippen molar-refractivity contribution in [3.05, 3.63) is 64.7 Å². The first kappa shape index (κ1) is 26.9. The number of fused-ring (bicyclic) bond motifs is 1. The number of methoxy groups -OCH3 is 1. The number of carbonyl (C=O) groups is 1. The molecule has 2 N–H and O–H groups in total. The predicted molar refractivity (Wildman–Crippen MR) is 140 cm³/mol. The molecule has 0 atom stereocenters. The van der Waals surface area contributed by atoms with Gasteiger partial charge < -0.3 is 15.2 Å². The van der Waals surface area contributed by atoms with Gasteiger partial charge in [-0.1, -0.05) is 30.3 Å². The molecule has 0 unspecified atom stereocenters. The lowest BCUT2D eigenvalue weighted by molar-refractivity contribution is -0.137. The summed E-state index contributed by atoms with van der Waals surface area (Å²) in [4.78, 5) is 24.8. The summed E-state index contributed by atoms with van der Waals surface area (Å²) < 4.78 is 53.2. The number of aromatic nitrogens is 2. The van der Waals surface area contributed by atoms with Crippen LogP contribution in [0.4, 0.5) is 24.8 Å². The highest BCUT2D eigenvalue weighted by atomic mass is 19.4. The zero-order valence-corrected chi connectivity index (χ0v) is 21.6. The monoisotopic (exact) mass is 541 g/mol. The minimum absolute atomic E-state index is 0.0249. The maximum atomic E-state index is 14.3. The Balaban J connectivity index is 1.43. The quantitative estimate of drug-likeness (QED) is 0.400. The number of carbonyl (C=O) groups excluding carboxylic acids is 1. The SMILES string of the molecule is COCCOc1nc(N)c2c(n1)N(Cc1ccc(-c3cccc(CN4CCCC4)c3)c(C(F)(F)F)c1)C(=O)C2. The molecule has 0 aliphatic carbocycles. The third kappa shape index (κ3) is 5.99. The Morgan fingerprint density at radius 2 is 1.77 bits per heavy atom. The van der Waals surface area contributed by atoms with Crippen molar-refractivity contribution in [3.63, 3.8) is 0 Å². The molecule has 2 aliphatic rings. The lowest BCUT2D eigenvalue weighted by Gasteiger charge is -2.20. The van der Waals surface area contributed by atoms with Crippen molar-refractivity contribution in [2.24, 2.45) is 0 Å². The van der Waals surface area contributed by atoms with Gasteiger partial charge >= 0.3 is 12.2 Å². The van der Waals surface area contributed by atoms with Crippen LogP contribution in [0.25, 0.3) is 11.1 Å². The topological polar surface area (TPSA) is 93.8 Å². The van der Waals surface area contributed by atoms with Crippen LogP contribution >= 0.6 is 0 Å². The van der Waals surface area contributed by atoms with E-state index in [1.54, 1.807) is 18.2 Å². The van der Waals surface area contributed by atoms with Gasteiger partial charge in [0.2, 0.25) is 5.91 Å². The Morgan fingerprint density at radius 1 is 1.00 bits per heavy atom. The maximum Gasteiger partial charge on any atom is 0.417 e. The van der Waals surface area contributed by atoms with Gasteiger partial charge in [-0.15, -0.1) is 0 Å². The van der Waals surface area contributed by atoms with Crippen LogP contribution in [-0.2, 0) is 35.2 Å². The molecule has 3 aromatic rings. The number of benzene rings is 2. The smallest absolute Gasteiger partial charge is 0.417 e. The van der Waals surface area contributed by atoms with Gasteiger partial charge in [0, 0.05) is 19.2 Å². The number of hydrogen-bond acceptors (Lipinski definition) is 7. The number of anilines is 2. The second-order valence-corrected chi connectivity index (χ2v) is 9.75. The average Bonchev–Trinajstić information content (AvgIpc) is 3.52. The first-order valence-electron chi connectivity index (χ1n) is 12.8. The fourth-order valence-corrected chi connectivity index (χ4v) is 5.06. The van der Waals surface area contributed by atoms with Gasteiger partial charge in [-0.3, -0.25) is 14.6 Å². The van der Waals surface area contributed by atoms with E-state index in [0.717, 1.165) is 37.6 Å². The second kappa shape index (κ2) is 11.2. The second-order valence-electron chi connectivity index (χ2n) is 9.75. The number of likely N-dealkylation sites (tertiary alicyclic amines) is 1. The molecule has 2 aliphatic heterocycles. The van der Waals surface area contributed by atoms with E-state index in [-0.39, 0.29) is 48.7 Å². The Morgan fingerprint density at radius 3 is 2.51 bits per heavy atom. The van der Waals surface area contributed by atoms with Crippen LogP contribution in [0.3, 0.4) is 0 Å². The average molecular weight is 542 g/mol. The zero-order valence-electron chi connectivity index (χ0n) is 21.6.